The highest BCUT2D eigenvalue weighted by Crippen LogP contribution is 2.39. The van der Waals surface area contributed by atoms with Crippen molar-refractivity contribution in [1.29, 1.82) is 0 Å². The van der Waals surface area contributed by atoms with Gasteiger partial charge in [0, 0.05) is 5.92 Å². The number of rotatable bonds is 8. The van der Waals surface area contributed by atoms with Gasteiger partial charge in [0.1, 0.15) is 0 Å². The van der Waals surface area contributed by atoms with Crippen molar-refractivity contribution in [3.05, 3.63) is 5.89 Å². The van der Waals surface area contributed by atoms with Crippen LogP contribution >= 0.6 is 0 Å². The maximum absolute atomic E-state index is 11.9. The van der Waals surface area contributed by atoms with Crippen LogP contribution in [0.4, 0.5) is 6.01 Å². The quantitative estimate of drug-likeness (QED) is 0.707. The molecule has 0 aliphatic heterocycles. The van der Waals surface area contributed by atoms with E-state index in [1.165, 1.54) is 0 Å². The fourth-order valence-electron chi connectivity index (χ4n) is 1.81. The Morgan fingerprint density at radius 3 is 2.71 bits per heavy atom. The lowest BCUT2D eigenvalue weighted by molar-refractivity contribution is -0.144. The second-order valence-corrected chi connectivity index (χ2v) is 4.88. The maximum Gasteiger partial charge on any atom is 0.322 e. The number of carbonyl (C=O) groups is 2. The van der Waals surface area contributed by atoms with Crippen LogP contribution in [0.15, 0.2) is 4.42 Å². The fraction of sp³-hybridized carbons (Fsp3) is 0.692. The number of nitrogens with one attached hydrogen (secondary N) is 1. The fourth-order valence-corrected chi connectivity index (χ4v) is 1.81. The average Bonchev–Trinajstić information content (AvgIpc) is 3.19. The summed E-state index contributed by atoms with van der Waals surface area (Å²) in [4.78, 5) is 25.0. The Balaban J connectivity index is 1.79. The van der Waals surface area contributed by atoms with Crippen molar-refractivity contribution in [3.8, 4) is 0 Å². The van der Waals surface area contributed by atoms with E-state index >= 15 is 0 Å². The summed E-state index contributed by atoms with van der Waals surface area (Å²) in [6.45, 7) is 4.64. The Hall–Kier alpha value is -1.96. The first-order chi connectivity index (χ1) is 10.1. The van der Waals surface area contributed by atoms with Crippen LogP contribution in [0.5, 0.6) is 0 Å². The molecule has 8 nitrogen and oxygen atoms in total. The number of hydrogen-bond donors (Lipinski definition) is 1. The highest BCUT2D eigenvalue weighted by Gasteiger charge is 2.29. The van der Waals surface area contributed by atoms with Crippen molar-refractivity contribution in [2.75, 3.05) is 31.6 Å². The molecule has 0 radical (unpaired) electrons. The normalized spacial score (nSPS) is 14.2. The average molecular weight is 296 g/mol. The van der Waals surface area contributed by atoms with Crippen LogP contribution in [-0.4, -0.2) is 53.2 Å². The monoisotopic (exact) mass is 296 g/mol. The van der Waals surface area contributed by atoms with E-state index in [9.17, 15) is 9.59 Å². The standard InChI is InChI=1S/C13H20N4O4/c1-3-17(8-11(19)20-4-2)7-10(18)14-13-16-15-12(21-13)9-5-6-9/h9H,3-8H2,1-2H3,(H,14,16,18). The summed E-state index contributed by atoms with van der Waals surface area (Å²) in [6.07, 6.45) is 2.11. The van der Waals surface area contributed by atoms with Crippen LogP contribution in [0.1, 0.15) is 38.5 Å². The zero-order chi connectivity index (χ0) is 15.2. The molecule has 0 saturated heterocycles. The molecule has 0 unspecified atom stereocenters. The van der Waals surface area contributed by atoms with Gasteiger partial charge in [-0.05, 0) is 26.3 Å². The molecule has 1 amide bonds. The summed E-state index contributed by atoms with van der Waals surface area (Å²) in [5, 5.41) is 10.2. The van der Waals surface area contributed by atoms with Crippen LogP contribution in [0.25, 0.3) is 0 Å². The van der Waals surface area contributed by atoms with Gasteiger partial charge in [-0.1, -0.05) is 12.0 Å². The number of ether oxygens (including phenoxy) is 1. The number of carbonyl (C=O) groups excluding carboxylic acids is 2. The number of anilines is 1. The van der Waals surface area contributed by atoms with E-state index in [2.05, 4.69) is 15.5 Å². The van der Waals surface area contributed by atoms with Crippen molar-refractivity contribution in [1.82, 2.24) is 15.1 Å². The van der Waals surface area contributed by atoms with Gasteiger partial charge >= 0.3 is 12.0 Å². The van der Waals surface area contributed by atoms with Gasteiger partial charge in [-0.15, -0.1) is 5.10 Å². The number of hydrogen-bond acceptors (Lipinski definition) is 7. The minimum atomic E-state index is -0.346. The molecule has 116 valence electrons. The minimum absolute atomic E-state index is 0.0659. The number of aromatic nitrogens is 2. The van der Waals surface area contributed by atoms with Gasteiger partial charge in [0.25, 0.3) is 0 Å². The Morgan fingerprint density at radius 2 is 2.10 bits per heavy atom. The largest absolute Gasteiger partial charge is 0.465 e. The molecule has 2 rings (SSSR count). The molecule has 1 N–H and O–H groups in total. The van der Waals surface area contributed by atoms with E-state index in [0.717, 1.165) is 12.8 Å². The van der Waals surface area contributed by atoms with Gasteiger partial charge in [-0.25, -0.2) is 0 Å². The smallest absolute Gasteiger partial charge is 0.322 e. The molecule has 0 atom stereocenters. The lowest BCUT2D eigenvalue weighted by Gasteiger charge is -2.17. The second-order valence-electron chi connectivity index (χ2n) is 4.88. The number of amides is 1. The van der Waals surface area contributed by atoms with E-state index in [-0.39, 0.29) is 31.0 Å². The molecule has 0 aromatic carbocycles. The molecule has 1 fully saturated rings. The van der Waals surface area contributed by atoms with Crippen LogP contribution in [0, 0.1) is 0 Å². The Bertz CT molecular complexity index is 498. The van der Waals surface area contributed by atoms with Gasteiger partial charge in [0.2, 0.25) is 11.8 Å². The third-order valence-corrected chi connectivity index (χ3v) is 3.09. The van der Waals surface area contributed by atoms with Gasteiger partial charge in [-0.3, -0.25) is 19.8 Å². The zero-order valence-electron chi connectivity index (χ0n) is 12.3. The summed E-state index contributed by atoms with van der Waals surface area (Å²) in [7, 11) is 0. The first-order valence-corrected chi connectivity index (χ1v) is 7.13. The minimum Gasteiger partial charge on any atom is -0.465 e. The number of likely N-dealkylation sites (N-methyl/N-ethyl adjacent to an activating group) is 1. The summed E-state index contributed by atoms with van der Waals surface area (Å²) in [5.74, 6) is 0.274. The molecular formula is C13H20N4O4. The second kappa shape index (κ2) is 7.16. The zero-order valence-corrected chi connectivity index (χ0v) is 12.3. The van der Waals surface area contributed by atoms with Crippen molar-refractivity contribution in [2.45, 2.75) is 32.6 Å². The lowest BCUT2D eigenvalue weighted by Crippen LogP contribution is -2.37. The van der Waals surface area contributed by atoms with Crippen molar-refractivity contribution >= 4 is 17.9 Å². The number of nitrogens with zero attached hydrogens (tertiary/aromatic N) is 3. The molecule has 1 aliphatic carbocycles. The third-order valence-electron chi connectivity index (χ3n) is 3.09. The van der Waals surface area contributed by atoms with Gasteiger partial charge in [0.15, 0.2) is 0 Å². The first-order valence-electron chi connectivity index (χ1n) is 7.13. The van der Waals surface area contributed by atoms with E-state index in [0.29, 0.717) is 25.0 Å². The Labute approximate surface area is 122 Å². The summed E-state index contributed by atoms with van der Waals surface area (Å²) in [6, 6.07) is 0.106. The third kappa shape index (κ3) is 4.82. The molecular weight excluding hydrogens is 276 g/mol. The van der Waals surface area contributed by atoms with Crippen LogP contribution in [0.3, 0.4) is 0 Å². The molecule has 21 heavy (non-hydrogen) atoms. The van der Waals surface area contributed by atoms with Gasteiger partial charge in [0.05, 0.1) is 19.7 Å². The predicted molar refractivity (Wildman–Crippen MR) is 73.6 cm³/mol. The predicted octanol–water partition coefficient (Wildman–Crippen LogP) is 0.770. The SMILES string of the molecule is CCOC(=O)CN(CC)CC(=O)Nc1nnc(C2CC2)o1. The summed E-state index contributed by atoms with van der Waals surface area (Å²) < 4.78 is 10.2. The molecule has 0 spiro atoms. The maximum atomic E-state index is 11.9. The number of esters is 1. The highest BCUT2D eigenvalue weighted by molar-refractivity contribution is 5.90. The van der Waals surface area contributed by atoms with E-state index in [1.807, 2.05) is 6.92 Å². The molecule has 1 aromatic heterocycles. The topological polar surface area (TPSA) is 97.6 Å². The highest BCUT2D eigenvalue weighted by atomic mass is 16.5. The van der Waals surface area contributed by atoms with Crippen molar-refractivity contribution in [2.24, 2.45) is 0 Å². The van der Waals surface area contributed by atoms with Crippen LogP contribution in [0.2, 0.25) is 0 Å². The van der Waals surface area contributed by atoms with E-state index in [4.69, 9.17) is 9.15 Å². The van der Waals surface area contributed by atoms with E-state index < -0.39 is 0 Å². The Kier molecular flexibility index (Phi) is 5.26. The molecule has 1 aliphatic rings. The van der Waals surface area contributed by atoms with Gasteiger partial charge < -0.3 is 9.15 Å². The molecule has 1 heterocycles. The van der Waals surface area contributed by atoms with Crippen molar-refractivity contribution in [3.63, 3.8) is 0 Å². The van der Waals surface area contributed by atoms with E-state index in [1.54, 1.807) is 11.8 Å². The molecule has 1 saturated carbocycles. The Morgan fingerprint density at radius 1 is 1.33 bits per heavy atom. The summed E-state index contributed by atoms with van der Waals surface area (Å²) in [5.41, 5.74) is 0. The lowest BCUT2D eigenvalue weighted by atomic mass is 10.4. The molecule has 1 aromatic rings. The van der Waals surface area contributed by atoms with Gasteiger partial charge in [-0.2, -0.15) is 0 Å². The van der Waals surface area contributed by atoms with Crippen LogP contribution < -0.4 is 5.32 Å². The van der Waals surface area contributed by atoms with Crippen molar-refractivity contribution < 1.29 is 18.7 Å². The first kappa shape index (κ1) is 15.4. The molecule has 0 bridgehead atoms. The molecule has 8 heteroatoms. The van der Waals surface area contributed by atoms with Crippen LogP contribution in [-0.2, 0) is 14.3 Å². The summed E-state index contributed by atoms with van der Waals surface area (Å²) >= 11 is 0.